The van der Waals surface area contributed by atoms with Crippen LogP contribution < -0.4 is 10.6 Å². The Labute approximate surface area is 131 Å². The normalized spacial score (nSPS) is 10.4. The lowest BCUT2D eigenvalue weighted by Crippen LogP contribution is -2.26. The molecule has 0 saturated carbocycles. The number of benzene rings is 2. The van der Waals surface area contributed by atoms with Gasteiger partial charge in [0.15, 0.2) is 17.5 Å². The molecule has 0 heterocycles. The van der Waals surface area contributed by atoms with E-state index in [0.717, 1.165) is 12.1 Å². The molecule has 1 amide bonds. The second-order valence-corrected chi connectivity index (χ2v) is 4.79. The zero-order valence-electron chi connectivity index (χ0n) is 12.1. The lowest BCUT2D eigenvalue weighted by molar-refractivity contribution is 0.0945. The molecule has 3 N–H and O–H groups in total. The van der Waals surface area contributed by atoms with E-state index < -0.39 is 17.5 Å². The summed E-state index contributed by atoms with van der Waals surface area (Å²) in [5.41, 5.74) is 1.17. The monoisotopic (exact) mass is 324 g/mol. The number of nitrogens with one attached hydrogen (secondary N) is 2. The van der Waals surface area contributed by atoms with Crippen LogP contribution in [0.15, 0.2) is 36.4 Å². The Morgan fingerprint density at radius 1 is 1.09 bits per heavy atom. The van der Waals surface area contributed by atoms with E-state index in [4.69, 9.17) is 5.11 Å². The minimum absolute atomic E-state index is 0.0653. The molecule has 2 aromatic carbocycles. The van der Waals surface area contributed by atoms with Crippen molar-refractivity contribution in [1.82, 2.24) is 5.32 Å². The second-order valence-electron chi connectivity index (χ2n) is 4.79. The van der Waals surface area contributed by atoms with Crippen LogP contribution in [0.1, 0.15) is 15.9 Å². The van der Waals surface area contributed by atoms with Gasteiger partial charge in [0.25, 0.3) is 5.91 Å². The van der Waals surface area contributed by atoms with Crippen molar-refractivity contribution in [2.24, 2.45) is 0 Å². The first-order chi connectivity index (χ1) is 11.0. The van der Waals surface area contributed by atoms with E-state index in [2.05, 4.69) is 10.6 Å². The molecule has 0 spiro atoms. The maximum atomic E-state index is 13.1. The van der Waals surface area contributed by atoms with Crippen LogP contribution in [0.5, 0.6) is 0 Å². The first kappa shape index (κ1) is 16.8. The maximum Gasteiger partial charge on any atom is 0.251 e. The predicted octanol–water partition coefficient (Wildman–Crippen LogP) is 2.44. The first-order valence-corrected chi connectivity index (χ1v) is 6.87. The van der Waals surface area contributed by atoms with E-state index in [-0.39, 0.29) is 31.2 Å². The van der Waals surface area contributed by atoms with Crippen molar-refractivity contribution >= 4 is 11.6 Å². The SMILES string of the molecule is O=C(NCCO)c1cccc(NCc2cc(F)c(F)c(F)c2)c1. The number of amides is 1. The smallest absolute Gasteiger partial charge is 0.251 e. The van der Waals surface area contributed by atoms with Gasteiger partial charge in [-0.3, -0.25) is 4.79 Å². The van der Waals surface area contributed by atoms with Gasteiger partial charge < -0.3 is 15.7 Å². The fourth-order valence-corrected chi connectivity index (χ4v) is 1.96. The molecule has 2 rings (SSSR count). The number of carbonyl (C=O) groups excluding carboxylic acids is 1. The average molecular weight is 324 g/mol. The number of aliphatic hydroxyl groups is 1. The second kappa shape index (κ2) is 7.64. The summed E-state index contributed by atoms with van der Waals surface area (Å²) >= 11 is 0. The number of halogens is 3. The Kier molecular flexibility index (Phi) is 5.59. The standard InChI is InChI=1S/C16H15F3N2O2/c17-13-6-10(7-14(18)15(13)19)9-21-12-3-1-2-11(8-12)16(23)20-4-5-22/h1-3,6-8,21-22H,4-5,9H2,(H,20,23). The van der Waals surface area contributed by atoms with Crippen LogP contribution in [0.3, 0.4) is 0 Å². The quantitative estimate of drug-likeness (QED) is 0.715. The van der Waals surface area contributed by atoms with Crippen LogP contribution in [-0.4, -0.2) is 24.2 Å². The van der Waals surface area contributed by atoms with Crippen molar-refractivity contribution in [2.45, 2.75) is 6.54 Å². The van der Waals surface area contributed by atoms with E-state index in [0.29, 0.717) is 11.3 Å². The minimum Gasteiger partial charge on any atom is -0.395 e. The lowest BCUT2D eigenvalue weighted by Gasteiger charge is -2.09. The molecular weight excluding hydrogens is 309 g/mol. The molecule has 0 aliphatic carbocycles. The van der Waals surface area contributed by atoms with Crippen molar-refractivity contribution in [3.8, 4) is 0 Å². The molecule has 0 fully saturated rings. The van der Waals surface area contributed by atoms with Gasteiger partial charge >= 0.3 is 0 Å². The Bertz CT molecular complexity index is 684. The molecule has 2 aromatic rings. The zero-order chi connectivity index (χ0) is 16.8. The van der Waals surface area contributed by atoms with Gasteiger partial charge in [0.05, 0.1) is 6.61 Å². The van der Waals surface area contributed by atoms with E-state index in [9.17, 15) is 18.0 Å². The van der Waals surface area contributed by atoms with Crippen molar-refractivity contribution in [3.05, 3.63) is 65.0 Å². The number of anilines is 1. The van der Waals surface area contributed by atoms with Crippen LogP contribution in [-0.2, 0) is 6.54 Å². The van der Waals surface area contributed by atoms with Crippen molar-refractivity contribution in [2.75, 3.05) is 18.5 Å². The summed E-state index contributed by atoms with van der Waals surface area (Å²) in [6, 6.07) is 8.28. The molecular formula is C16H15F3N2O2. The minimum atomic E-state index is -1.50. The van der Waals surface area contributed by atoms with Crippen LogP contribution in [0, 0.1) is 17.5 Å². The van der Waals surface area contributed by atoms with Gasteiger partial charge in [0.2, 0.25) is 0 Å². The number of hydrogen-bond donors (Lipinski definition) is 3. The van der Waals surface area contributed by atoms with Gasteiger partial charge in [-0.2, -0.15) is 0 Å². The Balaban J connectivity index is 2.05. The van der Waals surface area contributed by atoms with Crippen LogP contribution >= 0.6 is 0 Å². The van der Waals surface area contributed by atoms with Gasteiger partial charge in [-0.05, 0) is 35.9 Å². The number of aliphatic hydroxyl groups excluding tert-OH is 1. The molecule has 0 bridgehead atoms. The Hall–Kier alpha value is -2.54. The first-order valence-electron chi connectivity index (χ1n) is 6.87. The van der Waals surface area contributed by atoms with Gasteiger partial charge in [-0.1, -0.05) is 6.07 Å². The fourth-order valence-electron chi connectivity index (χ4n) is 1.96. The number of carbonyl (C=O) groups is 1. The summed E-state index contributed by atoms with van der Waals surface area (Å²) in [7, 11) is 0. The van der Waals surface area contributed by atoms with Crippen LogP contribution in [0.2, 0.25) is 0 Å². The fraction of sp³-hybridized carbons (Fsp3) is 0.188. The van der Waals surface area contributed by atoms with Gasteiger partial charge in [-0.15, -0.1) is 0 Å². The molecule has 4 nitrogen and oxygen atoms in total. The van der Waals surface area contributed by atoms with Gasteiger partial charge in [0, 0.05) is 24.3 Å². The van der Waals surface area contributed by atoms with E-state index in [1.165, 1.54) is 0 Å². The maximum absolute atomic E-state index is 13.1. The molecule has 0 aromatic heterocycles. The summed E-state index contributed by atoms with van der Waals surface area (Å²) in [6.07, 6.45) is 0. The highest BCUT2D eigenvalue weighted by Crippen LogP contribution is 2.16. The summed E-state index contributed by atoms with van der Waals surface area (Å²) in [6.45, 7) is 0.0475. The van der Waals surface area contributed by atoms with Crippen molar-refractivity contribution < 1.29 is 23.1 Å². The topological polar surface area (TPSA) is 61.4 Å². The van der Waals surface area contributed by atoms with E-state index in [1.807, 2.05) is 0 Å². The third kappa shape index (κ3) is 4.46. The van der Waals surface area contributed by atoms with Crippen LogP contribution in [0.4, 0.5) is 18.9 Å². The third-order valence-electron chi connectivity index (χ3n) is 3.06. The number of rotatable bonds is 6. The summed E-state index contributed by atoms with van der Waals surface area (Å²) in [5.74, 6) is -4.35. The lowest BCUT2D eigenvalue weighted by atomic mass is 10.1. The summed E-state index contributed by atoms with van der Waals surface area (Å²) in [5, 5.41) is 14.1. The van der Waals surface area contributed by atoms with Crippen molar-refractivity contribution in [3.63, 3.8) is 0 Å². The molecule has 0 atom stereocenters. The van der Waals surface area contributed by atoms with E-state index in [1.54, 1.807) is 24.3 Å². The molecule has 23 heavy (non-hydrogen) atoms. The molecule has 7 heteroatoms. The van der Waals surface area contributed by atoms with Crippen LogP contribution in [0.25, 0.3) is 0 Å². The largest absolute Gasteiger partial charge is 0.395 e. The summed E-state index contributed by atoms with van der Waals surface area (Å²) in [4.78, 5) is 11.8. The zero-order valence-corrected chi connectivity index (χ0v) is 12.1. The molecule has 0 aliphatic heterocycles. The Morgan fingerprint density at radius 2 is 1.78 bits per heavy atom. The van der Waals surface area contributed by atoms with Crippen molar-refractivity contribution in [1.29, 1.82) is 0 Å². The molecule has 0 radical (unpaired) electrons. The van der Waals surface area contributed by atoms with Gasteiger partial charge in [0.1, 0.15) is 0 Å². The molecule has 0 saturated heterocycles. The third-order valence-corrected chi connectivity index (χ3v) is 3.06. The molecule has 0 unspecified atom stereocenters. The predicted molar refractivity (Wildman–Crippen MR) is 79.5 cm³/mol. The highest BCUT2D eigenvalue weighted by molar-refractivity contribution is 5.95. The average Bonchev–Trinajstić information content (AvgIpc) is 2.55. The number of hydrogen-bond acceptors (Lipinski definition) is 3. The molecule has 122 valence electrons. The van der Waals surface area contributed by atoms with E-state index >= 15 is 0 Å². The highest BCUT2D eigenvalue weighted by Gasteiger charge is 2.10. The Morgan fingerprint density at radius 3 is 2.43 bits per heavy atom. The summed E-state index contributed by atoms with van der Waals surface area (Å²) < 4.78 is 39.2. The highest BCUT2D eigenvalue weighted by atomic mass is 19.2. The van der Waals surface area contributed by atoms with Gasteiger partial charge in [-0.25, -0.2) is 13.2 Å². The molecule has 0 aliphatic rings.